The van der Waals surface area contributed by atoms with Gasteiger partial charge in [0.15, 0.2) is 0 Å². The molecule has 1 N–H and O–H groups in total. The van der Waals surface area contributed by atoms with Crippen molar-refractivity contribution < 1.29 is 9.84 Å². The predicted molar refractivity (Wildman–Crippen MR) is 62.6 cm³/mol. The van der Waals surface area contributed by atoms with Gasteiger partial charge in [-0.2, -0.15) is 5.26 Å². The van der Waals surface area contributed by atoms with E-state index in [1.54, 1.807) is 18.2 Å². The molecule has 0 bridgehead atoms. The molecular formula is C12H14ClNO2. The first-order valence-corrected chi connectivity index (χ1v) is 5.59. The molecular weight excluding hydrogens is 226 g/mol. The van der Waals surface area contributed by atoms with E-state index in [0.29, 0.717) is 22.9 Å². The second-order valence-corrected chi connectivity index (χ2v) is 3.76. The molecule has 0 aliphatic rings. The molecule has 3 nitrogen and oxygen atoms in total. The van der Waals surface area contributed by atoms with Crippen molar-refractivity contribution in [2.45, 2.75) is 19.3 Å². The zero-order valence-electron chi connectivity index (χ0n) is 8.95. The van der Waals surface area contributed by atoms with Crippen LogP contribution in [0, 0.1) is 11.3 Å². The van der Waals surface area contributed by atoms with Crippen LogP contribution in [0.1, 0.15) is 24.8 Å². The van der Waals surface area contributed by atoms with Gasteiger partial charge >= 0.3 is 0 Å². The highest BCUT2D eigenvalue weighted by molar-refractivity contribution is 6.31. The molecule has 0 saturated carbocycles. The van der Waals surface area contributed by atoms with Gasteiger partial charge in [0, 0.05) is 6.61 Å². The molecule has 1 aromatic rings. The number of halogens is 1. The lowest BCUT2D eigenvalue weighted by Gasteiger charge is -2.08. The predicted octanol–water partition coefficient (Wildman–Crippen LogP) is 2.75. The molecule has 0 atom stereocenters. The first-order valence-electron chi connectivity index (χ1n) is 5.22. The smallest absolute Gasteiger partial charge is 0.138 e. The molecule has 0 spiro atoms. The molecule has 86 valence electrons. The lowest BCUT2D eigenvalue weighted by molar-refractivity contribution is 0.266. The number of rotatable bonds is 6. The van der Waals surface area contributed by atoms with Crippen molar-refractivity contribution in [3.05, 3.63) is 28.8 Å². The minimum Gasteiger partial charge on any atom is -0.492 e. The molecule has 1 aromatic carbocycles. The Hall–Kier alpha value is -1.24. The molecule has 4 heteroatoms. The molecule has 0 unspecified atom stereocenters. The number of hydrogen-bond acceptors (Lipinski definition) is 3. The zero-order chi connectivity index (χ0) is 11.8. The summed E-state index contributed by atoms with van der Waals surface area (Å²) in [5.41, 5.74) is 0.381. The van der Waals surface area contributed by atoms with Gasteiger partial charge in [0.2, 0.25) is 0 Å². The van der Waals surface area contributed by atoms with E-state index in [1.165, 1.54) is 0 Å². The molecule has 0 amide bonds. The van der Waals surface area contributed by atoms with Gasteiger partial charge in [0.1, 0.15) is 17.4 Å². The van der Waals surface area contributed by atoms with Crippen molar-refractivity contribution in [2.24, 2.45) is 0 Å². The molecule has 0 saturated heterocycles. The fraction of sp³-hybridized carbons (Fsp3) is 0.417. The van der Waals surface area contributed by atoms with Gasteiger partial charge in [-0.15, -0.1) is 0 Å². The van der Waals surface area contributed by atoms with E-state index in [4.69, 9.17) is 26.7 Å². The standard InChI is InChI=1S/C12H14ClNO2/c13-11-5-4-6-12(10(11)9-14)16-8-3-1-2-7-15/h4-6,15H,1-3,7-8H2. The zero-order valence-corrected chi connectivity index (χ0v) is 9.70. The maximum Gasteiger partial charge on any atom is 0.138 e. The van der Waals surface area contributed by atoms with Crippen LogP contribution in [-0.2, 0) is 0 Å². The Morgan fingerprint density at radius 2 is 2.12 bits per heavy atom. The highest BCUT2D eigenvalue weighted by Gasteiger charge is 2.06. The Kier molecular flexibility index (Phi) is 5.69. The Morgan fingerprint density at radius 1 is 1.31 bits per heavy atom. The van der Waals surface area contributed by atoms with E-state index >= 15 is 0 Å². The maximum atomic E-state index is 8.89. The average molecular weight is 240 g/mol. The van der Waals surface area contributed by atoms with Crippen molar-refractivity contribution in [2.75, 3.05) is 13.2 Å². The van der Waals surface area contributed by atoms with Gasteiger partial charge in [-0.05, 0) is 31.4 Å². The summed E-state index contributed by atoms with van der Waals surface area (Å²) in [4.78, 5) is 0. The SMILES string of the molecule is N#Cc1c(Cl)cccc1OCCCCCO. The highest BCUT2D eigenvalue weighted by atomic mass is 35.5. The second-order valence-electron chi connectivity index (χ2n) is 3.36. The van der Waals surface area contributed by atoms with Crippen molar-refractivity contribution in [1.82, 2.24) is 0 Å². The van der Waals surface area contributed by atoms with E-state index in [-0.39, 0.29) is 6.61 Å². The summed E-state index contributed by atoms with van der Waals surface area (Å²) in [7, 11) is 0. The van der Waals surface area contributed by atoms with E-state index in [1.807, 2.05) is 6.07 Å². The summed E-state index contributed by atoms with van der Waals surface area (Å²) in [5.74, 6) is 0.527. The van der Waals surface area contributed by atoms with Gasteiger partial charge in [-0.1, -0.05) is 17.7 Å². The minimum atomic E-state index is 0.209. The van der Waals surface area contributed by atoms with Crippen LogP contribution >= 0.6 is 11.6 Å². The Bertz CT molecular complexity index is 374. The Labute approximate surface area is 100 Å². The maximum absolute atomic E-state index is 8.89. The molecule has 0 heterocycles. The van der Waals surface area contributed by atoms with Gasteiger partial charge in [0.05, 0.1) is 11.6 Å². The van der Waals surface area contributed by atoms with Crippen molar-refractivity contribution in [1.29, 1.82) is 5.26 Å². The van der Waals surface area contributed by atoms with Crippen molar-refractivity contribution in [3.63, 3.8) is 0 Å². The molecule has 0 fully saturated rings. The first-order chi connectivity index (χ1) is 7.79. The number of benzene rings is 1. The van der Waals surface area contributed by atoms with Crippen LogP contribution in [0.5, 0.6) is 5.75 Å². The van der Waals surface area contributed by atoms with Crippen LogP contribution in [0.2, 0.25) is 5.02 Å². The highest BCUT2D eigenvalue weighted by Crippen LogP contribution is 2.25. The van der Waals surface area contributed by atoms with Gasteiger partial charge < -0.3 is 9.84 Å². The lowest BCUT2D eigenvalue weighted by Crippen LogP contribution is -1.99. The topological polar surface area (TPSA) is 53.2 Å². The molecule has 16 heavy (non-hydrogen) atoms. The fourth-order valence-electron chi connectivity index (χ4n) is 1.31. The molecule has 0 aliphatic carbocycles. The summed E-state index contributed by atoms with van der Waals surface area (Å²) >= 11 is 5.86. The second kappa shape index (κ2) is 7.10. The van der Waals surface area contributed by atoms with E-state index in [0.717, 1.165) is 19.3 Å². The van der Waals surface area contributed by atoms with Crippen LogP contribution in [0.15, 0.2) is 18.2 Å². The molecule has 0 radical (unpaired) electrons. The van der Waals surface area contributed by atoms with Crippen LogP contribution in [0.25, 0.3) is 0 Å². The molecule has 0 aliphatic heterocycles. The van der Waals surface area contributed by atoms with Gasteiger partial charge in [-0.25, -0.2) is 0 Å². The normalized spacial score (nSPS) is 9.81. The summed E-state index contributed by atoms with van der Waals surface area (Å²) in [6.07, 6.45) is 2.56. The largest absolute Gasteiger partial charge is 0.492 e. The van der Waals surface area contributed by atoms with E-state index < -0.39 is 0 Å². The van der Waals surface area contributed by atoms with Gasteiger partial charge in [0.25, 0.3) is 0 Å². The minimum absolute atomic E-state index is 0.209. The summed E-state index contributed by atoms with van der Waals surface area (Å²) < 4.78 is 5.47. The summed E-state index contributed by atoms with van der Waals surface area (Å²) in [6.45, 7) is 0.746. The van der Waals surface area contributed by atoms with Gasteiger partial charge in [-0.3, -0.25) is 0 Å². The summed E-state index contributed by atoms with van der Waals surface area (Å²) in [5, 5.41) is 17.9. The van der Waals surface area contributed by atoms with E-state index in [2.05, 4.69) is 0 Å². The third kappa shape index (κ3) is 3.73. The van der Waals surface area contributed by atoms with Crippen LogP contribution in [0.4, 0.5) is 0 Å². The van der Waals surface area contributed by atoms with Crippen molar-refractivity contribution in [3.8, 4) is 11.8 Å². The first kappa shape index (κ1) is 12.8. The third-order valence-corrected chi connectivity index (χ3v) is 2.46. The number of aliphatic hydroxyl groups is 1. The quantitative estimate of drug-likeness (QED) is 0.777. The number of hydrogen-bond donors (Lipinski definition) is 1. The van der Waals surface area contributed by atoms with Crippen LogP contribution in [-0.4, -0.2) is 18.3 Å². The lowest BCUT2D eigenvalue weighted by atomic mass is 10.2. The monoisotopic (exact) mass is 239 g/mol. The average Bonchev–Trinajstić information content (AvgIpc) is 2.29. The number of nitrogens with zero attached hydrogens (tertiary/aromatic N) is 1. The Morgan fingerprint density at radius 3 is 2.81 bits per heavy atom. The number of unbranched alkanes of at least 4 members (excludes halogenated alkanes) is 2. The molecule has 0 aromatic heterocycles. The Balaban J connectivity index is 2.48. The number of ether oxygens (including phenoxy) is 1. The number of aliphatic hydroxyl groups excluding tert-OH is 1. The van der Waals surface area contributed by atoms with Crippen LogP contribution < -0.4 is 4.74 Å². The molecule has 1 rings (SSSR count). The van der Waals surface area contributed by atoms with Crippen LogP contribution in [0.3, 0.4) is 0 Å². The number of nitriles is 1. The fourth-order valence-corrected chi connectivity index (χ4v) is 1.51. The van der Waals surface area contributed by atoms with Crippen molar-refractivity contribution >= 4 is 11.6 Å². The van der Waals surface area contributed by atoms with E-state index in [9.17, 15) is 0 Å². The third-order valence-electron chi connectivity index (χ3n) is 2.15. The summed E-state index contributed by atoms with van der Waals surface area (Å²) in [6, 6.07) is 7.17.